The first-order valence-corrected chi connectivity index (χ1v) is 8.01. The molecule has 1 atom stereocenters. The largest absolute Gasteiger partial charge is 0.341 e. The van der Waals surface area contributed by atoms with Gasteiger partial charge in [-0.05, 0) is 27.6 Å². The molecule has 1 amide bonds. The molecule has 0 aliphatic carbocycles. The molecule has 2 aromatic rings. The number of carbonyl (C=O) groups is 1. The van der Waals surface area contributed by atoms with Gasteiger partial charge in [0, 0.05) is 34.2 Å². The van der Waals surface area contributed by atoms with Crippen LogP contribution >= 0.6 is 39.7 Å². The molecular formula is C15H18BrClN2OS. The molecular weight excluding hydrogens is 372 g/mol. The molecule has 0 aliphatic heterocycles. The summed E-state index contributed by atoms with van der Waals surface area (Å²) in [7, 11) is 1.81. The van der Waals surface area contributed by atoms with Crippen molar-refractivity contribution in [3.8, 4) is 0 Å². The average molecular weight is 390 g/mol. The smallest absolute Gasteiger partial charge is 0.224 e. The van der Waals surface area contributed by atoms with Crippen LogP contribution in [0.4, 0.5) is 0 Å². The topological polar surface area (TPSA) is 46.3 Å². The van der Waals surface area contributed by atoms with E-state index < -0.39 is 0 Å². The Bertz CT molecular complexity index is 576. The molecule has 3 nitrogen and oxygen atoms in total. The third kappa shape index (κ3) is 5.43. The maximum atomic E-state index is 12.2. The van der Waals surface area contributed by atoms with Gasteiger partial charge in [-0.2, -0.15) is 0 Å². The predicted molar refractivity (Wildman–Crippen MR) is 93.7 cm³/mol. The molecule has 1 heterocycles. The first-order chi connectivity index (χ1) is 9.56. The number of benzene rings is 1. The molecule has 6 heteroatoms. The lowest BCUT2D eigenvalue weighted by atomic mass is 10.0. The highest BCUT2D eigenvalue weighted by molar-refractivity contribution is 9.10. The molecule has 1 aromatic heterocycles. The van der Waals surface area contributed by atoms with Gasteiger partial charge in [0.25, 0.3) is 0 Å². The van der Waals surface area contributed by atoms with E-state index in [1.54, 1.807) is 16.2 Å². The van der Waals surface area contributed by atoms with Crippen LogP contribution in [0.5, 0.6) is 0 Å². The highest BCUT2D eigenvalue weighted by Crippen LogP contribution is 2.21. The zero-order chi connectivity index (χ0) is 14.5. The van der Waals surface area contributed by atoms with E-state index in [9.17, 15) is 4.79 Å². The highest BCUT2D eigenvalue weighted by Gasteiger charge is 2.15. The molecule has 0 saturated carbocycles. The summed E-state index contributed by atoms with van der Waals surface area (Å²) in [5.41, 5.74) is 7.07. The molecule has 0 spiro atoms. The number of amides is 1. The van der Waals surface area contributed by atoms with E-state index in [1.807, 2.05) is 48.8 Å². The van der Waals surface area contributed by atoms with Gasteiger partial charge in [0.1, 0.15) is 0 Å². The monoisotopic (exact) mass is 388 g/mol. The highest BCUT2D eigenvalue weighted by atomic mass is 79.9. The van der Waals surface area contributed by atoms with Crippen LogP contribution in [0.15, 0.2) is 46.3 Å². The van der Waals surface area contributed by atoms with E-state index in [4.69, 9.17) is 5.73 Å². The Hall–Kier alpha value is -0.880. The third-order valence-electron chi connectivity index (χ3n) is 3.06. The molecule has 2 N–H and O–H groups in total. The SMILES string of the molecule is CN(Cc1cc(Br)cs1)C(=O)CC(N)c1ccccc1.Cl. The Balaban J connectivity index is 0.00000220. The van der Waals surface area contributed by atoms with Crippen molar-refractivity contribution in [3.63, 3.8) is 0 Å². The zero-order valence-corrected chi connectivity index (χ0v) is 14.9. The minimum atomic E-state index is -0.249. The fraction of sp³-hybridized carbons (Fsp3) is 0.267. The van der Waals surface area contributed by atoms with E-state index in [0.29, 0.717) is 13.0 Å². The number of hydrogen-bond acceptors (Lipinski definition) is 3. The molecule has 2 rings (SSSR count). The third-order valence-corrected chi connectivity index (χ3v) is 4.75. The summed E-state index contributed by atoms with van der Waals surface area (Å²) in [4.78, 5) is 15.1. The maximum absolute atomic E-state index is 12.2. The Morgan fingerprint density at radius 1 is 1.38 bits per heavy atom. The number of carbonyl (C=O) groups excluding carboxylic acids is 1. The van der Waals surface area contributed by atoms with Crippen molar-refractivity contribution < 1.29 is 4.79 Å². The van der Waals surface area contributed by atoms with Crippen molar-refractivity contribution in [1.82, 2.24) is 4.90 Å². The van der Waals surface area contributed by atoms with Crippen LogP contribution in [-0.2, 0) is 11.3 Å². The summed E-state index contributed by atoms with van der Waals surface area (Å²) in [5, 5.41) is 2.02. The second kappa shape index (κ2) is 8.54. The molecule has 1 aromatic carbocycles. The molecule has 0 bridgehead atoms. The molecule has 21 heavy (non-hydrogen) atoms. The molecule has 114 valence electrons. The lowest BCUT2D eigenvalue weighted by Crippen LogP contribution is -2.29. The van der Waals surface area contributed by atoms with Crippen molar-refractivity contribution in [2.24, 2.45) is 5.73 Å². The summed E-state index contributed by atoms with van der Waals surface area (Å²) in [6.45, 7) is 0.622. The molecule has 0 radical (unpaired) electrons. The number of thiophene rings is 1. The quantitative estimate of drug-likeness (QED) is 0.840. The number of halogens is 2. The van der Waals surface area contributed by atoms with Gasteiger partial charge in [0.2, 0.25) is 5.91 Å². The van der Waals surface area contributed by atoms with E-state index in [0.717, 1.165) is 14.9 Å². The van der Waals surface area contributed by atoms with E-state index in [1.165, 1.54) is 0 Å². The lowest BCUT2D eigenvalue weighted by molar-refractivity contribution is -0.130. The van der Waals surface area contributed by atoms with Crippen molar-refractivity contribution in [3.05, 3.63) is 56.7 Å². The summed E-state index contributed by atoms with van der Waals surface area (Å²) < 4.78 is 1.05. The average Bonchev–Trinajstić information content (AvgIpc) is 2.85. The van der Waals surface area contributed by atoms with E-state index in [-0.39, 0.29) is 24.4 Å². The molecule has 0 saturated heterocycles. The molecule has 0 aliphatic rings. The number of nitrogens with two attached hydrogens (primary N) is 1. The number of nitrogens with zero attached hydrogens (tertiary/aromatic N) is 1. The van der Waals surface area contributed by atoms with Gasteiger partial charge < -0.3 is 10.6 Å². The fourth-order valence-corrected chi connectivity index (χ4v) is 3.42. The number of rotatable bonds is 5. The Labute approximate surface area is 143 Å². The first kappa shape index (κ1) is 18.2. The fourth-order valence-electron chi connectivity index (χ4n) is 1.92. The minimum Gasteiger partial charge on any atom is -0.341 e. The van der Waals surface area contributed by atoms with E-state index >= 15 is 0 Å². The minimum absolute atomic E-state index is 0. The van der Waals surface area contributed by atoms with Gasteiger partial charge >= 0.3 is 0 Å². The second-order valence-corrected chi connectivity index (χ2v) is 6.61. The normalized spacial score (nSPS) is 11.6. The van der Waals surface area contributed by atoms with Crippen LogP contribution in [0.3, 0.4) is 0 Å². The van der Waals surface area contributed by atoms with Crippen molar-refractivity contribution in [2.75, 3.05) is 7.05 Å². The van der Waals surface area contributed by atoms with Gasteiger partial charge in [-0.15, -0.1) is 23.7 Å². The second-order valence-electron chi connectivity index (χ2n) is 4.70. The van der Waals surface area contributed by atoms with Crippen LogP contribution in [-0.4, -0.2) is 17.9 Å². The Kier molecular flexibility index (Phi) is 7.39. The van der Waals surface area contributed by atoms with Crippen LogP contribution < -0.4 is 5.73 Å². The van der Waals surface area contributed by atoms with Crippen LogP contribution in [0.2, 0.25) is 0 Å². The molecule has 0 fully saturated rings. The Morgan fingerprint density at radius 2 is 2.05 bits per heavy atom. The lowest BCUT2D eigenvalue weighted by Gasteiger charge is -2.19. The Morgan fingerprint density at radius 3 is 2.62 bits per heavy atom. The first-order valence-electron chi connectivity index (χ1n) is 6.33. The van der Waals surface area contributed by atoms with Gasteiger partial charge in [0.05, 0.1) is 6.54 Å². The zero-order valence-electron chi connectivity index (χ0n) is 11.7. The molecule has 1 unspecified atom stereocenters. The van der Waals surface area contributed by atoms with Crippen molar-refractivity contribution in [2.45, 2.75) is 19.0 Å². The van der Waals surface area contributed by atoms with Crippen molar-refractivity contribution in [1.29, 1.82) is 0 Å². The van der Waals surface area contributed by atoms with Crippen LogP contribution in [0, 0.1) is 0 Å². The van der Waals surface area contributed by atoms with Gasteiger partial charge in [-0.25, -0.2) is 0 Å². The predicted octanol–water partition coefficient (Wildman–Crippen LogP) is 3.98. The maximum Gasteiger partial charge on any atom is 0.224 e. The van der Waals surface area contributed by atoms with Crippen molar-refractivity contribution >= 4 is 45.6 Å². The van der Waals surface area contributed by atoms with Crippen LogP contribution in [0.1, 0.15) is 22.9 Å². The van der Waals surface area contributed by atoms with Gasteiger partial charge in [-0.3, -0.25) is 4.79 Å². The number of hydrogen-bond donors (Lipinski definition) is 1. The summed E-state index contributed by atoms with van der Waals surface area (Å²) in [6, 6.07) is 11.5. The van der Waals surface area contributed by atoms with Gasteiger partial charge in [-0.1, -0.05) is 30.3 Å². The van der Waals surface area contributed by atoms with E-state index in [2.05, 4.69) is 15.9 Å². The van der Waals surface area contributed by atoms with Crippen LogP contribution in [0.25, 0.3) is 0 Å². The standard InChI is InChI=1S/C15H17BrN2OS.ClH/c1-18(9-13-7-12(16)10-20-13)15(19)8-14(17)11-5-3-2-4-6-11;/h2-7,10,14H,8-9,17H2,1H3;1H. The van der Waals surface area contributed by atoms with Gasteiger partial charge in [0.15, 0.2) is 0 Å². The summed E-state index contributed by atoms with van der Waals surface area (Å²) in [5.74, 6) is 0.0610. The summed E-state index contributed by atoms with van der Waals surface area (Å²) >= 11 is 5.06. The summed E-state index contributed by atoms with van der Waals surface area (Å²) in [6.07, 6.45) is 0.326.